The Morgan fingerprint density at radius 2 is 2.27 bits per heavy atom. The third kappa shape index (κ3) is 4.62. The second-order valence-electron chi connectivity index (χ2n) is 4.57. The summed E-state index contributed by atoms with van der Waals surface area (Å²) in [7, 11) is 0. The Morgan fingerprint density at radius 1 is 1.53 bits per heavy atom. The molecule has 0 aromatic rings. The fraction of sp³-hybridized carbons (Fsp3) is 0.909. The summed E-state index contributed by atoms with van der Waals surface area (Å²) < 4.78 is 0. The highest BCUT2D eigenvalue weighted by Gasteiger charge is 2.26. The van der Waals surface area contributed by atoms with Crippen molar-refractivity contribution in [2.45, 2.75) is 38.6 Å². The van der Waals surface area contributed by atoms with Crippen molar-refractivity contribution in [3.8, 4) is 0 Å². The van der Waals surface area contributed by atoms with E-state index < -0.39 is 5.97 Å². The maximum absolute atomic E-state index is 10.6. The van der Waals surface area contributed by atoms with E-state index in [0.29, 0.717) is 0 Å². The predicted octanol–water partition coefficient (Wildman–Crippen LogP) is 0.910. The molecule has 88 valence electrons. The van der Waals surface area contributed by atoms with Crippen LogP contribution in [-0.2, 0) is 4.79 Å². The lowest BCUT2D eigenvalue weighted by atomic mass is 9.92. The first-order valence-electron chi connectivity index (χ1n) is 5.81. The molecule has 0 bridgehead atoms. The zero-order valence-corrected chi connectivity index (χ0v) is 9.48. The van der Waals surface area contributed by atoms with E-state index in [1.807, 2.05) is 0 Å². The van der Waals surface area contributed by atoms with E-state index in [4.69, 9.17) is 10.8 Å². The minimum absolute atomic E-state index is 0.153. The van der Waals surface area contributed by atoms with Gasteiger partial charge in [-0.25, -0.2) is 0 Å². The summed E-state index contributed by atoms with van der Waals surface area (Å²) >= 11 is 0. The van der Waals surface area contributed by atoms with Gasteiger partial charge in [0.2, 0.25) is 0 Å². The summed E-state index contributed by atoms with van der Waals surface area (Å²) in [6.07, 6.45) is 3.47. The number of rotatable bonds is 5. The molecule has 1 aliphatic rings. The minimum Gasteiger partial charge on any atom is -0.481 e. The van der Waals surface area contributed by atoms with Crippen molar-refractivity contribution < 1.29 is 9.90 Å². The van der Waals surface area contributed by atoms with E-state index in [-0.39, 0.29) is 18.4 Å². The SMILES string of the molecule is CCCCN1CC(N)CC(CC(=O)O)C1. The van der Waals surface area contributed by atoms with E-state index in [9.17, 15) is 4.79 Å². The molecule has 0 amide bonds. The highest BCUT2D eigenvalue weighted by Crippen LogP contribution is 2.19. The Bertz CT molecular complexity index is 209. The van der Waals surface area contributed by atoms with Crippen molar-refractivity contribution >= 4 is 5.97 Å². The first-order valence-corrected chi connectivity index (χ1v) is 5.81. The lowest BCUT2D eigenvalue weighted by Crippen LogP contribution is -2.47. The van der Waals surface area contributed by atoms with Crippen LogP contribution in [0.5, 0.6) is 0 Å². The fourth-order valence-corrected chi connectivity index (χ4v) is 2.31. The summed E-state index contributed by atoms with van der Waals surface area (Å²) in [6, 6.07) is 0.153. The van der Waals surface area contributed by atoms with Gasteiger partial charge >= 0.3 is 5.97 Å². The molecule has 3 N–H and O–H groups in total. The molecule has 0 aliphatic carbocycles. The van der Waals surface area contributed by atoms with Gasteiger partial charge in [-0.2, -0.15) is 0 Å². The van der Waals surface area contributed by atoms with Crippen molar-refractivity contribution in [1.29, 1.82) is 0 Å². The van der Waals surface area contributed by atoms with Gasteiger partial charge in [0.15, 0.2) is 0 Å². The van der Waals surface area contributed by atoms with Crippen molar-refractivity contribution in [2.75, 3.05) is 19.6 Å². The molecule has 1 heterocycles. The zero-order chi connectivity index (χ0) is 11.3. The molecule has 4 nitrogen and oxygen atoms in total. The molecule has 0 aromatic carbocycles. The second kappa shape index (κ2) is 6.08. The average Bonchev–Trinajstić information content (AvgIpc) is 2.12. The van der Waals surface area contributed by atoms with Gasteiger partial charge in [-0.3, -0.25) is 4.79 Å². The minimum atomic E-state index is -0.704. The molecule has 0 aromatic heterocycles. The van der Waals surface area contributed by atoms with Gasteiger partial charge in [-0.15, -0.1) is 0 Å². The third-order valence-corrected chi connectivity index (χ3v) is 2.94. The van der Waals surface area contributed by atoms with Crippen LogP contribution in [0.2, 0.25) is 0 Å². The quantitative estimate of drug-likeness (QED) is 0.714. The van der Waals surface area contributed by atoms with Crippen molar-refractivity contribution in [1.82, 2.24) is 4.90 Å². The third-order valence-electron chi connectivity index (χ3n) is 2.94. The molecule has 1 saturated heterocycles. The first-order chi connectivity index (χ1) is 7.11. The number of aliphatic carboxylic acids is 1. The Balaban J connectivity index is 2.37. The maximum Gasteiger partial charge on any atom is 0.303 e. The van der Waals surface area contributed by atoms with E-state index in [1.54, 1.807) is 0 Å². The monoisotopic (exact) mass is 214 g/mol. The fourth-order valence-electron chi connectivity index (χ4n) is 2.31. The topological polar surface area (TPSA) is 66.6 Å². The molecular weight excluding hydrogens is 192 g/mol. The Hall–Kier alpha value is -0.610. The van der Waals surface area contributed by atoms with Crippen LogP contribution >= 0.6 is 0 Å². The van der Waals surface area contributed by atoms with Crippen molar-refractivity contribution in [3.05, 3.63) is 0 Å². The highest BCUT2D eigenvalue weighted by atomic mass is 16.4. The normalized spacial score (nSPS) is 27.9. The van der Waals surface area contributed by atoms with Gasteiger partial charge in [0.1, 0.15) is 0 Å². The molecule has 0 spiro atoms. The van der Waals surface area contributed by atoms with Crippen LogP contribution in [0, 0.1) is 5.92 Å². The average molecular weight is 214 g/mol. The number of hydrogen-bond donors (Lipinski definition) is 2. The van der Waals surface area contributed by atoms with Gasteiger partial charge < -0.3 is 15.7 Å². The number of carbonyl (C=O) groups is 1. The van der Waals surface area contributed by atoms with Gasteiger partial charge in [0, 0.05) is 25.6 Å². The summed E-state index contributed by atoms with van der Waals surface area (Å²) in [6.45, 7) is 5.05. The van der Waals surface area contributed by atoms with Crippen molar-refractivity contribution in [2.24, 2.45) is 11.7 Å². The molecule has 0 radical (unpaired) electrons. The largest absolute Gasteiger partial charge is 0.481 e. The van der Waals surface area contributed by atoms with Crippen molar-refractivity contribution in [3.63, 3.8) is 0 Å². The molecule has 0 saturated carbocycles. The standard InChI is InChI=1S/C11H22N2O2/c1-2-3-4-13-7-9(6-11(14)15)5-10(12)8-13/h9-10H,2-8,12H2,1H3,(H,14,15). The number of nitrogens with two attached hydrogens (primary N) is 1. The molecule has 4 heteroatoms. The molecule has 1 rings (SSSR count). The van der Waals surface area contributed by atoms with Crippen LogP contribution in [0.3, 0.4) is 0 Å². The lowest BCUT2D eigenvalue weighted by Gasteiger charge is -2.35. The highest BCUT2D eigenvalue weighted by molar-refractivity contribution is 5.67. The van der Waals surface area contributed by atoms with Crippen LogP contribution in [0.1, 0.15) is 32.6 Å². The molecule has 15 heavy (non-hydrogen) atoms. The molecule has 1 aliphatic heterocycles. The van der Waals surface area contributed by atoms with Gasteiger partial charge in [-0.05, 0) is 25.3 Å². The number of hydrogen-bond acceptors (Lipinski definition) is 3. The second-order valence-corrected chi connectivity index (χ2v) is 4.57. The van der Waals surface area contributed by atoms with E-state index in [1.165, 1.54) is 12.8 Å². The lowest BCUT2D eigenvalue weighted by molar-refractivity contribution is -0.138. The van der Waals surface area contributed by atoms with Crippen LogP contribution in [0.25, 0.3) is 0 Å². The molecular formula is C11H22N2O2. The summed E-state index contributed by atoms with van der Waals surface area (Å²) in [5.74, 6) is -0.465. The molecule has 2 unspecified atom stereocenters. The number of carboxylic acids is 1. The van der Waals surface area contributed by atoms with Gasteiger partial charge in [-0.1, -0.05) is 13.3 Å². The Labute approximate surface area is 91.4 Å². The van der Waals surface area contributed by atoms with Gasteiger partial charge in [0.05, 0.1) is 0 Å². The van der Waals surface area contributed by atoms with Crippen LogP contribution in [-0.4, -0.2) is 41.7 Å². The van der Waals surface area contributed by atoms with Crippen LogP contribution < -0.4 is 5.73 Å². The summed E-state index contributed by atoms with van der Waals surface area (Å²) in [5.41, 5.74) is 5.93. The smallest absolute Gasteiger partial charge is 0.303 e. The van der Waals surface area contributed by atoms with E-state index in [2.05, 4.69) is 11.8 Å². The van der Waals surface area contributed by atoms with Crippen LogP contribution in [0.15, 0.2) is 0 Å². The number of nitrogens with zero attached hydrogens (tertiary/aromatic N) is 1. The Morgan fingerprint density at radius 3 is 2.87 bits per heavy atom. The molecule has 1 fully saturated rings. The van der Waals surface area contributed by atoms with Crippen LogP contribution in [0.4, 0.5) is 0 Å². The van der Waals surface area contributed by atoms with Gasteiger partial charge in [0.25, 0.3) is 0 Å². The number of carboxylic acid groups (broad SMARTS) is 1. The molecule has 2 atom stereocenters. The summed E-state index contributed by atoms with van der Waals surface area (Å²) in [4.78, 5) is 12.9. The summed E-state index contributed by atoms with van der Waals surface area (Å²) in [5, 5.41) is 8.75. The first kappa shape index (κ1) is 12.5. The number of unbranched alkanes of at least 4 members (excludes halogenated alkanes) is 1. The van der Waals surface area contributed by atoms with E-state index >= 15 is 0 Å². The predicted molar refractivity (Wildman–Crippen MR) is 59.7 cm³/mol. The number of likely N-dealkylation sites (tertiary alicyclic amines) is 1. The maximum atomic E-state index is 10.6. The zero-order valence-electron chi connectivity index (χ0n) is 9.48. The number of piperidine rings is 1. The Kier molecular flexibility index (Phi) is 5.05. The van der Waals surface area contributed by atoms with E-state index in [0.717, 1.165) is 26.1 Å².